The fourth-order valence-corrected chi connectivity index (χ4v) is 3.10. The van der Waals surface area contributed by atoms with E-state index in [1.165, 1.54) is 19.3 Å². The zero-order valence-corrected chi connectivity index (χ0v) is 9.85. The normalized spacial score (nSPS) is 44.8. The molecular formula is C12H25N. The van der Waals surface area contributed by atoms with E-state index in [-0.39, 0.29) is 5.54 Å². The molecule has 3 atom stereocenters. The summed E-state index contributed by atoms with van der Waals surface area (Å²) in [4.78, 5) is 0. The Morgan fingerprint density at radius 1 is 1.31 bits per heavy atom. The van der Waals surface area contributed by atoms with Crippen LogP contribution in [0, 0.1) is 17.3 Å². The summed E-state index contributed by atoms with van der Waals surface area (Å²) in [6.07, 6.45) is 3.74. The minimum absolute atomic E-state index is 0.0280. The third-order valence-corrected chi connectivity index (χ3v) is 4.64. The lowest BCUT2D eigenvalue weighted by atomic mass is 9.55. The Balaban J connectivity index is 2.91. The molecule has 0 bridgehead atoms. The maximum Gasteiger partial charge on any atom is 0.0180 e. The largest absolute Gasteiger partial charge is 0.325 e. The Morgan fingerprint density at radius 3 is 2.23 bits per heavy atom. The molecule has 2 unspecified atom stereocenters. The zero-order valence-electron chi connectivity index (χ0n) is 9.85. The van der Waals surface area contributed by atoms with Crippen LogP contribution in [-0.4, -0.2) is 5.54 Å². The first-order valence-electron chi connectivity index (χ1n) is 5.62. The van der Waals surface area contributed by atoms with Gasteiger partial charge in [-0.3, -0.25) is 0 Å². The third-order valence-electron chi connectivity index (χ3n) is 4.64. The number of rotatable bonds is 1. The predicted molar refractivity (Wildman–Crippen MR) is 58.6 cm³/mol. The van der Waals surface area contributed by atoms with Crippen LogP contribution >= 0.6 is 0 Å². The van der Waals surface area contributed by atoms with Crippen LogP contribution in [0.4, 0.5) is 0 Å². The molecule has 1 saturated carbocycles. The SMILES string of the molecule is CCC1C(C)CC[C@](C)(N)C1(C)C. The van der Waals surface area contributed by atoms with Gasteiger partial charge < -0.3 is 5.73 Å². The van der Waals surface area contributed by atoms with Gasteiger partial charge in [-0.1, -0.05) is 34.1 Å². The van der Waals surface area contributed by atoms with Crippen molar-refractivity contribution in [1.82, 2.24) is 0 Å². The van der Waals surface area contributed by atoms with E-state index >= 15 is 0 Å². The van der Waals surface area contributed by atoms with E-state index in [4.69, 9.17) is 5.73 Å². The molecule has 0 aliphatic heterocycles. The van der Waals surface area contributed by atoms with Gasteiger partial charge in [0, 0.05) is 5.54 Å². The summed E-state index contributed by atoms with van der Waals surface area (Å²) >= 11 is 0. The monoisotopic (exact) mass is 183 g/mol. The molecule has 0 radical (unpaired) electrons. The van der Waals surface area contributed by atoms with Gasteiger partial charge >= 0.3 is 0 Å². The number of hydrogen-bond acceptors (Lipinski definition) is 1. The Morgan fingerprint density at radius 2 is 1.85 bits per heavy atom. The van der Waals surface area contributed by atoms with Crippen LogP contribution in [0.25, 0.3) is 0 Å². The molecule has 13 heavy (non-hydrogen) atoms. The summed E-state index contributed by atoms with van der Waals surface area (Å²) in [6.45, 7) is 11.6. The van der Waals surface area contributed by atoms with Crippen molar-refractivity contribution in [3.63, 3.8) is 0 Å². The molecule has 1 nitrogen and oxygen atoms in total. The van der Waals surface area contributed by atoms with E-state index in [1.807, 2.05) is 0 Å². The second-order valence-electron chi connectivity index (χ2n) is 5.67. The van der Waals surface area contributed by atoms with E-state index in [0.29, 0.717) is 5.41 Å². The molecule has 0 heterocycles. The van der Waals surface area contributed by atoms with Crippen LogP contribution in [0.2, 0.25) is 0 Å². The maximum atomic E-state index is 6.38. The van der Waals surface area contributed by atoms with Crippen molar-refractivity contribution in [2.45, 2.75) is 59.4 Å². The second kappa shape index (κ2) is 3.27. The van der Waals surface area contributed by atoms with Crippen LogP contribution in [0.3, 0.4) is 0 Å². The second-order valence-corrected chi connectivity index (χ2v) is 5.67. The molecule has 1 rings (SSSR count). The van der Waals surface area contributed by atoms with Gasteiger partial charge in [-0.25, -0.2) is 0 Å². The molecule has 78 valence electrons. The summed E-state index contributed by atoms with van der Waals surface area (Å²) in [5.41, 5.74) is 6.70. The highest BCUT2D eigenvalue weighted by molar-refractivity contribution is 5.02. The minimum atomic E-state index is 0.0280. The van der Waals surface area contributed by atoms with Crippen molar-refractivity contribution >= 4 is 0 Å². The number of hydrogen-bond donors (Lipinski definition) is 1. The van der Waals surface area contributed by atoms with E-state index in [1.54, 1.807) is 0 Å². The van der Waals surface area contributed by atoms with Gasteiger partial charge in [0.1, 0.15) is 0 Å². The molecule has 0 aromatic heterocycles. The molecule has 1 aliphatic carbocycles. The van der Waals surface area contributed by atoms with Gasteiger partial charge in [0.05, 0.1) is 0 Å². The summed E-state index contributed by atoms with van der Waals surface area (Å²) < 4.78 is 0. The van der Waals surface area contributed by atoms with Gasteiger partial charge in [0.15, 0.2) is 0 Å². The van der Waals surface area contributed by atoms with Crippen LogP contribution in [-0.2, 0) is 0 Å². The molecule has 0 aromatic rings. The first kappa shape index (κ1) is 11.0. The standard InChI is InChI=1S/C12H25N/c1-6-10-9(2)7-8-12(5,13)11(10,3)4/h9-10H,6-8,13H2,1-5H3/t9?,10?,12-/m0/s1. The van der Waals surface area contributed by atoms with Crippen molar-refractivity contribution in [2.24, 2.45) is 23.0 Å². The van der Waals surface area contributed by atoms with Crippen molar-refractivity contribution in [2.75, 3.05) is 0 Å². The molecule has 0 spiro atoms. The molecule has 1 aliphatic rings. The predicted octanol–water partition coefficient (Wildman–Crippen LogP) is 3.19. The lowest BCUT2D eigenvalue weighted by molar-refractivity contribution is 0.00365. The van der Waals surface area contributed by atoms with Crippen molar-refractivity contribution in [3.8, 4) is 0 Å². The lowest BCUT2D eigenvalue weighted by Crippen LogP contribution is -2.57. The Labute approximate surface area is 83.1 Å². The summed E-state index contributed by atoms with van der Waals surface area (Å²) in [5, 5.41) is 0. The van der Waals surface area contributed by atoms with Gasteiger partial charge in [0.25, 0.3) is 0 Å². The lowest BCUT2D eigenvalue weighted by Gasteiger charge is -2.53. The zero-order chi connectivity index (χ0) is 10.3. The van der Waals surface area contributed by atoms with Gasteiger partial charge in [-0.15, -0.1) is 0 Å². The average molecular weight is 183 g/mol. The van der Waals surface area contributed by atoms with Crippen LogP contribution < -0.4 is 5.73 Å². The van der Waals surface area contributed by atoms with Crippen molar-refractivity contribution in [1.29, 1.82) is 0 Å². The topological polar surface area (TPSA) is 26.0 Å². The molecule has 2 N–H and O–H groups in total. The van der Waals surface area contributed by atoms with E-state index in [0.717, 1.165) is 11.8 Å². The molecule has 1 fully saturated rings. The Bertz CT molecular complexity index is 182. The first-order chi connectivity index (χ1) is 5.83. The molecule has 0 aromatic carbocycles. The molecule has 1 heteroatoms. The highest BCUT2D eigenvalue weighted by Crippen LogP contribution is 2.49. The number of nitrogens with two attached hydrogens (primary N) is 1. The molecule has 0 amide bonds. The fraction of sp³-hybridized carbons (Fsp3) is 1.00. The smallest absolute Gasteiger partial charge is 0.0180 e. The third kappa shape index (κ3) is 1.63. The van der Waals surface area contributed by atoms with E-state index in [9.17, 15) is 0 Å². The minimum Gasteiger partial charge on any atom is -0.325 e. The van der Waals surface area contributed by atoms with Gasteiger partial charge in [-0.05, 0) is 37.0 Å². The van der Waals surface area contributed by atoms with E-state index < -0.39 is 0 Å². The van der Waals surface area contributed by atoms with Gasteiger partial charge in [0.2, 0.25) is 0 Å². The van der Waals surface area contributed by atoms with Crippen molar-refractivity contribution < 1.29 is 0 Å². The highest BCUT2D eigenvalue weighted by atomic mass is 14.8. The van der Waals surface area contributed by atoms with E-state index in [2.05, 4.69) is 34.6 Å². The maximum absolute atomic E-state index is 6.38. The van der Waals surface area contributed by atoms with Crippen LogP contribution in [0.5, 0.6) is 0 Å². The average Bonchev–Trinajstić information content (AvgIpc) is 1.99. The van der Waals surface area contributed by atoms with Gasteiger partial charge in [-0.2, -0.15) is 0 Å². The summed E-state index contributed by atoms with van der Waals surface area (Å²) in [5.74, 6) is 1.63. The summed E-state index contributed by atoms with van der Waals surface area (Å²) in [7, 11) is 0. The molecule has 0 saturated heterocycles. The quantitative estimate of drug-likeness (QED) is 0.664. The fourth-order valence-electron chi connectivity index (χ4n) is 3.10. The Kier molecular flexibility index (Phi) is 2.78. The summed E-state index contributed by atoms with van der Waals surface area (Å²) in [6, 6.07) is 0. The highest BCUT2D eigenvalue weighted by Gasteiger charge is 2.47. The van der Waals surface area contributed by atoms with Crippen molar-refractivity contribution in [3.05, 3.63) is 0 Å². The van der Waals surface area contributed by atoms with Crippen LogP contribution in [0.1, 0.15) is 53.9 Å². The first-order valence-corrected chi connectivity index (χ1v) is 5.62. The van der Waals surface area contributed by atoms with Crippen LogP contribution in [0.15, 0.2) is 0 Å². The molecular weight excluding hydrogens is 158 g/mol. The Hall–Kier alpha value is -0.0400.